The van der Waals surface area contributed by atoms with Gasteiger partial charge < -0.3 is 0 Å². The van der Waals surface area contributed by atoms with E-state index in [1.165, 1.54) is 109 Å². The highest BCUT2D eigenvalue weighted by Gasteiger charge is 2.21. The summed E-state index contributed by atoms with van der Waals surface area (Å²) in [5.41, 5.74) is 0. The molecule has 4 heteroatoms. The van der Waals surface area contributed by atoms with Gasteiger partial charge in [-0.25, -0.2) is 0 Å². The molecular weight excluding hydrogens is 392 g/mol. The van der Waals surface area contributed by atoms with Crippen LogP contribution in [0.4, 0.5) is 0 Å². The first-order valence-electron chi connectivity index (χ1n) is 13.5. The molecule has 0 bridgehead atoms. The Balaban J connectivity index is 3.55. The van der Waals surface area contributed by atoms with Gasteiger partial charge in [0, 0.05) is 0 Å². The highest BCUT2D eigenvalue weighted by atomic mass is 32.2. The van der Waals surface area contributed by atoms with E-state index in [1.54, 1.807) is 0 Å². The van der Waals surface area contributed by atoms with Crippen LogP contribution in [0.15, 0.2) is 0 Å². The van der Waals surface area contributed by atoms with Gasteiger partial charge in [-0.05, 0) is 12.8 Å². The summed E-state index contributed by atoms with van der Waals surface area (Å²) in [7, 11) is -3.88. The average molecular weight is 447 g/mol. The fourth-order valence-electron chi connectivity index (χ4n) is 4.34. The first-order chi connectivity index (χ1) is 14.5. The third-order valence-electron chi connectivity index (χ3n) is 6.43. The number of hydrogen-bond acceptors (Lipinski definition) is 2. The summed E-state index contributed by atoms with van der Waals surface area (Å²) in [4.78, 5) is 0. The van der Waals surface area contributed by atoms with E-state index in [0.29, 0.717) is 12.8 Å². The monoisotopic (exact) mass is 446 g/mol. The molecule has 0 saturated carbocycles. The maximum atomic E-state index is 11.7. The predicted molar refractivity (Wildman–Crippen MR) is 133 cm³/mol. The van der Waals surface area contributed by atoms with Gasteiger partial charge in [0.15, 0.2) is 0 Å². The SMILES string of the molecule is CCCCCCCCCCCCCCCCC(CCCCCCCCC)S(=O)(=O)O. The Morgan fingerprint density at radius 3 is 0.933 bits per heavy atom. The molecule has 0 aliphatic rings. The lowest BCUT2D eigenvalue weighted by atomic mass is 10.0. The quantitative estimate of drug-likeness (QED) is 0.119. The van der Waals surface area contributed by atoms with E-state index < -0.39 is 15.4 Å². The summed E-state index contributed by atoms with van der Waals surface area (Å²) >= 11 is 0. The third-order valence-corrected chi connectivity index (χ3v) is 7.74. The average Bonchev–Trinajstić information content (AvgIpc) is 2.70. The van der Waals surface area contributed by atoms with Gasteiger partial charge in [-0.2, -0.15) is 8.42 Å². The minimum absolute atomic E-state index is 0.537. The van der Waals surface area contributed by atoms with Gasteiger partial charge in [0.25, 0.3) is 10.1 Å². The molecule has 0 saturated heterocycles. The second-order valence-electron chi connectivity index (χ2n) is 9.43. The Bertz CT molecular complexity index is 434. The van der Waals surface area contributed by atoms with Gasteiger partial charge in [0.2, 0.25) is 0 Å². The van der Waals surface area contributed by atoms with Gasteiger partial charge in [0.1, 0.15) is 0 Å². The molecule has 0 heterocycles. The van der Waals surface area contributed by atoms with Gasteiger partial charge in [0.05, 0.1) is 5.25 Å². The number of unbranched alkanes of at least 4 members (excludes halogenated alkanes) is 19. The Kier molecular flexibility index (Phi) is 22.1. The molecule has 0 aromatic rings. The van der Waals surface area contributed by atoms with Crippen LogP contribution in [0.5, 0.6) is 0 Å². The van der Waals surface area contributed by atoms with E-state index in [9.17, 15) is 13.0 Å². The fourth-order valence-corrected chi connectivity index (χ4v) is 5.27. The minimum atomic E-state index is -3.88. The normalized spacial score (nSPS) is 13.0. The highest BCUT2D eigenvalue weighted by molar-refractivity contribution is 7.86. The maximum absolute atomic E-state index is 11.7. The lowest BCUT2D eigenvalue weighted by Crippen LogP contribution is -2.20. The van der Waals surface area contributed by atoms with Crippen LogP contribution in [0.25, 0.3) is 0 Å². The molecule has 1 N–H and O–H groups in total. The standard InChI is InChI=1S/C26H54O3S/c1-3-5-7-9-11-12-13-14-15-16-17-19-21-23-25-26(30(27,28)29)24-22-20-18-10-8-6-4-2/h26H,3-25H2,1-2H3,(H,27,28,29). The Labute approximate surface area is 189 Å². The van der Waals surface area contributed by atoms with E-state index in [4.69, 9.17) is 0 Å². The first-order valence-corrected chi connectivity index (χ1v) is 15.0. The summed E-state index contributed by atoms with van der Waals surface area (Å²) < 4.78 is 32.8. The van der Waals surface area contributed by atoms with Crippen molar-refractivity contribution in [1.82, 2.24) is 0 Å². The van der Waals surface area contributed by atoms with Crippen molar-refractivity contribution in [2.45, 2.75) is 167 Å². The van der Waals surface area contributed by atoms with Crippen LogP contribution in [0.1, 0.15) is 162 Å². The Morgan fingerprint density at radius 1 is 0.467 bits per heavy atom. The topological polar surface area (TPSA) is 54.4 Å². The summed E-state index contributed by atoms with van der Waals surface area (Å²) in [6, 6.07) is 0. The van der Waals surface area contributed by atoms with Crippen molar-refractivity contribution in [1.29, 1.82) is 0 Å². The number of hydrogen-bond donors (Lipinski definition) is 1. The zero-order valence-corrected chi connectivity index (χ0v) is 21.3. The lowest BCUT2D eigenvalue weighted by Gasteiger charge is -2.13. The molecule has 182 valence electrons. The largest absolute Gasteiger partial charge is 0.285 e. The fraction of sp³-hybridized carbons (Fsp3) is 1.00. The third kappa shape index (κ3) is 21.2. The molecule has 0 radical (unpaired) electrons. The van der Waals surface area contributed by atoms with Crippen molar-refractivity contribution >= 4 is 10.1 Å². The van der Waals surface area contributed by atoms with Crippen molar-refractivity contribution < 1.29 is 13.0 Å². The van der Waals surface area contributed by atoms with E-state index in [1.807, 2.05) is 0 Å². The molecule has 0 fully saturated rings. The van der Waals surface area contributed by atoms with Gasteiger partial charge in [-0.3, -0.25) is 4.55 Å². The minimum Gasteiger partial charge on any atom is -0.285 e. The summed E-state index contributed by atoms with van der Waals surface area (Å²) in [6.07, 6.45) is 27.8. The molecule has 1 unspecified atom stereocenters. The van der Waals surface area contributed by atoms with E-state index in [0.717, 1.165) is 25.7 Å². The van der Waals surface area contributed by atoms with E-state index in [2.05, 4.69) is 13.8 Å². The van der Waals surface area contributed by atoms with Gasteiger partial charge in [-0.1, -0.05) is 149 Å². The zero-order valence-electron chi connectivity index (χ0n) is 20.5. The van der Waals surface area contributed by atoms with E-state index in [-0.39, 0.29) is 0 Å². The second kappa shape index (κ2) is 22.1. The van der Waals surface area contributed by atoms with Gasteiger partial charge >= 0.3 is 0 Å². The van der Waals surface area contributed by atoms with E-state index >= 15 is 0 Å². The molecule has 0 amide bonds. The van der Waals surface area contributed by atoms with Crippen molar-refractivity contribution in [3.8, 4) is 0 Å². The van der Waals surface area contributed by atoms with Crippen LogP contribution in [0.3, 0.4) is 0 Å². The molecule has 30 heavy (non-hydrogen) atoms. The molecule has 0 spiro atoms. The summed E-state index contributed by atoms with van der Waals surface area (Å²) in [6.45, 7) is 4.48. The van der Waals surface area contributed by atoms with Crippen molar-refractivity contribution in [2.75, 3.05) is 0 Å². The Morgan fingerprint density at radius 2 is 0.700 bits per heavy atom. The Hall–Kier alpha value is -0.0900. The molecule has 1 atom stereocenters. The molecule has 0 aromatic carbocycles. The highest BCUT2D eigenvalue weighted by Crippen LogP contribution is 2.19. The van der Waals surface area contributed by atoms with Crippen LogP contribution in [-0.4, -0.2) is 18.2 Å². The summed E-state index contributed by atoms with van der Waals surface area (Å²) in [5, 5.41) is -0.537. The molecule has 3 nitrogen and oxygen atoms in total. The lowest BCUT2D eigenvalue weighted by molar-refractivity contribution is 0.442. The molecule has 0 aliphatic carbocycles. The second-order valence-corrected chi connectivity index (χ2v) is 11.1. The van der Waals surface area contributed by atoms with Crippen LogP contribution >= 0.6 is 0 Å². The smallest absolute Gasteiger partial charge is 0.267 e. The first kappa shape index (κ1) is 29.9. The number of rotatable bonds is 24. The molecule has 0 rings (SSSR count). The molecule has 0 aliphatic heterocycles. The zero-order chi connectivity index (χ0) is 22.3. The van der Waals surface area contributed by atoms with Gasteiger partial charge in [-0.15, -0.1) is 0 Å². The van der Waals surface area contributed by atoms with Crippen molar-refractivity contribution in [2.24, 2.45) is 0 Å². The molecule has 0 aromatic heterocycles. The summed E-state index contributed by atoms with van der Waals surface area (Å²) in [5.74, 6) is 0. The van der Waals surface area contributed by atoms with Crippen LogP contribution < -0.4 is 0 Å². The van der Waals surface area contributed by atoms with Crippen molar-refractivity contribution in [3.05, 3.63) is 0 Å². The van der Waals surface area contributed by atoms with Crippen LogP contribution in [0.2, 0.25) is 0 Å². The maximum Gasteiger partial charge on any atom is 0.267 e. The van der Waals surface area contributed by atoms with Crippen LogP contribution in [0, 0.1) is 0 Å². The predicted octanol–water partition coefficient (Wildman–Crippen LogP) is 9.25. The van der Waals surface area contributed by atoms with Crippen molar-refractivity contribution in [3.63, 3.8) is 0 Å². The molecular formula is C26H54O3S. The van der Waals surface area contributed by atoms with Crippen LogP contribution in [-0.2, 0) is 10.1 Å².